The minimum Gasteiger partial charge on any atom is -0.325 e. The van der Waals surface area contributed by atoms with Crippen molar-refractivity contribution >= 4 is 33.0 Å². The number of nitrogens with two attached hydrogens (primary N) is 1. The number of halogens is 1. The molecule has 0 aliphatic rings. The van der Waals surface area contributed by atoms with E-state index in [9.17, 15) is 0 Å². The van der Waals surface area contributed by atoms with Gasteiger partial charge >= 0.3 is 0 Å². The lowest BCUT2D eigenvalue weighted by Gasteiger charge is -1.93. The molecule has 2 aromatic rings. The molecule has 62 valence electrons. The van der Waals surface area contributed by atoms with E-state index in [2.05, 4.69) is 4.98 Å². The predicted octanol–water partition coefficient (Wildman–Crippen LogP) is 2.41. The molecule has 0 amide bonds. The van der Waals surface area contributed by atoms with E-state index in [4.69, 9.17) is 17.3 Å². The zero-order chi connectivity index (χ0) is 8.55. The van der Waals surface area contributed by atoms with Crippen LogP contribution in [0.1, 0.15) is 5.69 Å². The summed E-state index contributed by atoms with van der Waals surface area (Å²) in [4.78, 5) is 4.16. The number of aromatic nitrogens is 1. The fraction of sp³-hybridized carbons (Fsp3) is 0.125. The molecule has 0 bridgehead atoms. The van der Waals surface area contributed by atoms with Crippen molar-refractivity contribution in [3.63, 3.8) is 0 Å². The SMILES string of the molecule is NCc1cc2sc(Cl)cc2cn1. The Morgan fingerprint density at radius 1 is 1.50 bits per heavy atom. The van der Waals surface area contributed by atoms with Crippen molar-refractivity contribution in [1.82, 2.24) is 4.98 Å². The Hall–Kier alpha value is -0.640. The molecule has 0 saturated carbocycles. The minimum atomic E-state index is 0.478. The van der Waals surface area contributed by atoms with Gasteiger partial charge < -0.3 is 5.73 Å². The van der Waals surface area contributed by atoms with Gasteiger partial charge in [-0.25, -0.2) is 0 Å². The van der Waals surface area contributed by atoms with Crippen molar-refractivity contribution in [2.24, 2.45) is 5.73 Å². The summed E-state index contributed by atoms with van der Waals surface area (Å²) >= 11 is 7.39. The Bertz CT molecular complexity index is 410. The molecule has 0 saturated heterocycles. The summed E-state index contributed by atoms with van der Waals surface area (Å²) in [5.74, 6) is 0. The van der Waals surface area contributed by atoms with Gasteiger partial charge in [0.1, 0.15) is 0 Å². The molecule has 0 radical (unpaired) electrons. The molecule has 2 nitrogen and oxygen atoms in total. The van der Waals surface area contributed by atoms with Crippen molar-refractivity contribution in [3.8, 4) is 0 Å². The number of rotatable bonds is 1. The molecule has 2 aromatic heterocycles. The quantitative estimate of drug-likeness (QED) is 0.765. The van der Waals surface area contributed by atoms with E-state index in [0.717, 1.165) is 20.1 Å². The smallest absolute Gasteiger partial charge is 0.0941 e. The summed E-state index contributed by atoms with van der Waals surface area (Å²) in [5, 5.41) is 1.09. The highest BCUT2D eigenvalue weighted by Gasteiger charge is 2.00. The molecule has 0 unspecified atom stereocenters. The third-order valence-electron chi connectivity index (χ3n) is 1.64. The zero-order valence-electron chi connectivity index (χ0n) is 6.25. The second kappa shape index (κ2) is 3.01. The average molecular weight is 199 g/mol. The molecular weight excluding hydrogens is 192 g/mol. The topological polar surface area (TPSA) is 38.9 Å². The molecule has 0 spiro atoms. The van der Waals surface area contributed by atoms with Crippen LogP contribution in [0.2, 0.25) is 4.34 Å². The van der Waals surface area contributed by atoms with Crippen molar-refractivity contribution in [3.05, 3.63) is 28.4 Å². The Morgan fingerprint density at radius 2 is 2.33 bits per heavy atom. The molecule has 0 atom stereocenters. The van der Waals surface area contributed by atoms with Gasteiger partial charge in [0.2, 0.25) is 0 Å². The lowest BCUT2D eigenvalue weighted by Crippen LogP contribution is -1.97. The third kappa shape index (κ3) is 1.31. The van der Waals surface area contributed by atoms with E-state index < -0.39 is 0 Å². The molecule has 0 fully saturated rings. The highest BCUT2D eigenvalue weighted by atomic mass is 35.5. The van der Waals surface area contributed by atoms with E-state index in [1.807, 2.05) is 12.1 Å². The summed E-state index contributed by atoms with van der Waals surface area (Å²) < 4.78 is 1.94. The Morgan fingerprint density at radius 3 is 3.08 bits per heavy atom. The molecule has 2 rings (SSSR count). The van der Waals surface area contributed by atoms with Crippen LogP contribution < -0.4 is 5.73 Å². The number of hydrogen-bond donors (Lipinski definition) is 1. The van der Waals surface area contributed by atoms with Gasteiger partial charge in [-0.15, -0.1) is 11.3 Å². The van der Waals surface area contributed by atoms with Gasteiger partial charge in [-0.3, -0.25) is 4.98 Å². The van der Waals surface area contributed by atoms with Crippen LogP contribution in [0.5, 0.6) is 0 Å². The van der Waals surface area contributed by atoms with Crippen LogP contribution in [0.3, 0.4) is 0 Å². The fourth-order valence-corrected chi connectivity index (χ4v) is 2.24. The molecular formula is C8H7ClN2S. The Balaban J connectivity index is 2.66. The fourth-order valence-electron chi connectivity index (χ4n) is 1.05. The lowest BCUT2D eigenvalue weighted by atomic mass is 10.3. The second-order valence-corrected chi connectivity index (χ2v) is 4.18. The van der Waals surface area contributed by atoms with Crippen LogP contribution in [0, 0.1) is 0 Å². The average Bonchev–Trinajstić information content (AvgIpc) is 2.43. The van der Waals surface area contributed by atoms with Gasteiger partial charge in [-0.2, -0.15) is 0 Å². The first kappa shape index (κ1) is 7.98. The van der Waals surface area contributed by atoms with Crippen LogP contribution in [-0.4, -0.2) is 4.98 Å². The van der Waals surface area contributed by atoms with E-state index in [1.54, 1.807) is 17.5 Å². The van der Waals surface area contributed by atoms with Crippen LogP contribution in [0.25, 0.3) is 10.1 Å². The van der Waals surface area contributed by atoms with Gasteiger partial charge in [0.15, 0.2) is 0 Å². The summed E-state index contributed by atoms with van der Waals surface area (Å²) in [6.45, 7) is 0.478. The minimum absolute atomic E-state index is 0.478. The van der Waals surface area contributed by atoms with Crippen LogP contribution in [0.4, 0.5) is 0 Å². The highest BCUT2D eigenvalue weighted by Crippen LogP contribution is 2.28. The summed E-state index contributed by atoms with van der Waals surface area (Å²) in [7, 11) is 0. The second-order valence-electron chi connectivity index (χ2n) is 2.47. The molecule has 2 N–H and O–H groups in total. The number of hydrogen-bond acceptors (Lipinski definition) is 3. The largest absolute Gasteiger partial charge is 0.325 e. The predicted molar refractivity (Wildman–Crippen MR) is 52.5 cm³/mol. The highest BCUT2D eigenvalue weighted by molar-refractivity contribution is 7.22. The summed E-state index contributed by atoms with van der Waals surface area (Å²) in [6.07, 6.45) is 1.81. The molecule has 4 heteroatoms. The summed E-state index contributed by atoms with van der Waals surface area (Å²) in [6, 6.07) is 3.89. The van der Waals surface area contributed by atoms with Crippen molar-refractivity contribution in [2.75, 3.05) is 0 Å². The number of thiophene rings is 1. The number of fused-ring (bicyclic) bond motifs is 1. The van der Waals surface area contributed by atoms with Gasteiger partial charge in [-0.1, -0.05) is 11.6 Å². The molecule has 0 aliphatic carbocycles. The molecule has 0 aromatic carbocycles. The van der Waals surface area contributed by atoms with Crippen molar-refractivity contribution in [1.29, 1.82) is 0 Å². The van der Waals surface area contributed by atoms with Crippen LogP contribution in [0.15, 0.2) is 18.3 Å². The molecule has 0 aliphatic heterocycles. The van der Waals surface area contributed by atoms with E-state index in [1.165, 1.54) is 0 Å². The number of pyridine rings is 1. The van der Waals surface area contributed by atoms with E-state index in [-0.39, 0.29) is 0 Å². The van der Waals surface area contributed by atoms with E-state index in [0.29, 0.717) is 6.54 Å². The monoisotopic (exact) mass is 198 g/mol. The molecule has 12 heavy (non-hydrogen) atoms. The molecule has 2 heterocycles. The zero-order valence-corrected chi connectivity index (χ0v) is 7.82. The summed E-state index contributed by atoms with van der Waals surface area (Å²) in [5.41, 5.74) is 6.36. The van der Waals surface area contributed by atoms with E-state index >= 15 is 0 Å². The Kier molecular flexibility index (Phi) is 2.00. The van der Waals surface area contributed by atoms with Gasteiger partial charge in [-0.05, 0) is 12.1 Å². The lowest BCUT2D eigenvalue weighted by molar-refractivity contribution is 0.999. The normalized spacial score (nSPS) is 10.8. The maximum absolute atomic E-state index is 5.84. The maximum Gasteiger partial charge on any atom is 0.0941 e. The maximum atomic E-state index is 5.84. The van der Waals surface area contributed by atoms with Crippen LogP contribution in [-0.2, 0) is 6.54 Å². The Labute approximate surface area is 79.0 Å². The van der Waals surface area contributed by atoms with Crippen LogP contribution >= 0.6 is 22.9 Å². The van der Waals surface area contributed by atoms with Gasteiger partial charge in [0.25, 0.3) is 0 Å². The standard InChI is InChI=1S/C8H7ClN2S/c9-8-1-5-4-11-6(3-10)2-7(5)12-8/h1-2,4H,3,10H2. The first-order valence-electron chi connectivity index (χ1n) is 3.53. The van der Waals surface area contributed by atoms with Gasteiger partial charge in [0, 0.05) is 22.8 Å². The van der Waals surface area contributed by atoms with Crippen molar-refractivity contribution < 1.29 is 0 Å². The van der Waals surface area contributed by atoms with Crippen molar-refractivity contribution in [2.45, 2.75) is 6.54 Å². The first-order valence-corrected chi connectivity index (χ1v) is 4.73. The number of nitrogens with zero attached hydrogens (tertiary/aromatic N) is 1. The first-order chi connectivity index (χ1) is 5.79. The van der Waals surface area contributed by atoms with Gasteiger partial charge in [0.05, 0.1) is 10.0 Å². The third-order valence-corrected chi connectivity index (χ3v) is 2.86.